The van der Waals surface area contributed by atoms with Gasteiger partial charge in [0, 0.05) is 4.88 Å². The van der Waals surface area contributed by atoms with Gasteiger partial charge in [0.15, 0.2) is 6.61 Å². The fourth-order valence-corrected chi connectivity index (χ4v) is 3.97. The summed E-state index contributed by atoms with van der Waals surface area (Å²) in [6.45, 7) is 1.94. The van der Waals surface area contributed by atoms with Crippen LogP contribution in [-0.2, 0) is 17.6 Å². The standard InChI is InChI=1S/C18H18N2O2S/c1-12-6-8-13(9-7-12)22-11-17(21)20-18-15(10-19)14-4-2-3-5-16(14)23-18/h6-9H,2-5,11H2,1H3,(H,20,21). The van der Waals surface area contributed by atoms with Gasteiger partial charge in [0.25, 0.3) is 5.91 Å². The Labute approximate surface area is 139 Å². The third-order valence-corrected chi connectivity index (χ3v) is 5.13. The summed E-state index contributed by atoms with van der Waals surface area (Å²) in [5.41, 5.74) is 2.90. The number of rotatable bonds is 4. The fourth-order valence-electron chi connectivity index (χ4n) is 2.72. The summed E-state index contributed by atoms with van der Waals surface area (Å²) in [6, 6.07) is 9.80. The summed E-state index contributed by atoms with van der Waals surface area (Å²) < 4.78 is 5.48. The average molecular weight is 326 g/mol. The molecule has 0 saturated carbocycles. The minimum absolute atomic E-state index is 0.0590. The van der Waals surface area contributed by atoms with Gasteiger partial charge in [-0.05, 0) is 50.3 Å². The maximum absolute atomic E-state index is 12.1. The van der Waals surface area contributed by atoms with Crippen LogP contribution in [0, 0.1) is 18.3 Å². The number of anilines is 1. The SMILES string of the molecule is Cc1ccc(OCC(=O)Nc2sc3c(c2C#N)CCCC3)cc1. The van der Waals surface area contributed by atoms with Crippen LogP contribution in [0.15, 0.2) is 24.3 Å². The van der Waals surface area contributed by atoms with E-state index < -0.39 is 0 Å². The summed E-state index contributed by atoms with van der Waals surface area (Å²) in [5.74, 6) is 0.428. The first-order valence-corrected chi connectivity index (χ1v) is 8.53. The fraction of sp³-hybridized carbons (Fsp3) is 0.333. The monoisotopic (exact) mass is 326 g/mol. The molecular formula is C18H18N2O2S. The van der Waals surface area contributed by atoms with Crippen molar-refractivity contribution in [2.45, 2.75) is 32.6 Å². The minimum atomic E-state index is -0.235. The highest BCUT2D eigenvalue weighted by Crippen LogP contribution is 2.37. The molecule has 118 valence electrons. The van der Waals surface area contributed by atoms with Crippen molar-refractivity contribution in [3.8, 4) is 11.8 Å². The number of carbonyl (C=O) groups excluding carboxylic acids is 1. The molecule has 0 atom stereocenters. The van der Waals surface area contributed by atoms with E-state index >= 15 is 0 Å². The van der Waals surface area contributed by atoms with E-state index in [2.05, 4.69) is 11.4 Å². The summed E-state index contributed by atoms with van der Waals surface area (Å²) in [5, 5.41) is 12.9. The van der Waals surface area contributed by atoms with Crippen molar-refractivity contribution in [1.29, 1.82) is 5.26 Å². The zero-order chi connectivity index (χ0) is 16.2. The highest BCUT2D eigenvalue weighted by atomic mass is 32.1. The Morgan fingerprint density at radius 3 is 2.78 bits per heavy atom. The third kappa shape index (κ3) is 3.54. The van der Waals surface area contributed by atoms with E-state index in [1.807, 2.05) is 31.2 Å². The molecule has 0 radical (unpaired) electrons. The van der Waals surface area contributed by atoms with Gasteiger partial charge in [0.1, 0.15) is 16.8 Å². The van der Waals surface area contributed by atoms with Crippen molar-refractivity contribution in [2.24, 2.45) is 0 Å². The molecule has 5 heteroatoms. The van der Waals surface area contributed by atoms with Gasteiger partial charge >= 0.3 is 0 Å². The molecule has 1 amide bonds. The van der Waals surface area contributed by atoms with Crippen LogP contribution in [0.4, 0.5) is 5.00 Å². The number of amides is 1. The Kier molecular flexibility index (Phi) is 4.63. The highest BCUT2D eigenvalue weighted by molar-refractivity contribution is 7.16. The van der Waals surface area contributed by atoms with Crippen molar-refractivity contribution in [2.75, 3.05) is 11.9 Å². The second-order valence-corrected chi connectivity index (χ2v) is 6.78. The predicted molar refractivity (Wildman–Crippen MR) is 91.0 cm³/mol. The summed E-state index contributed by atoms with van der Waals surface area (Å²) in [6.07, 6.45) is 4.21. The maximum atomic E-state index is 12.1. The number of nitrogens with one attached hydrogen (secondary N) is 1. The van der Waals surface area contributed by atoms with Crippen LogP contribution in [0.5, 0.6) is 5.75 Å². The van der Waals surface area contributed by atoms with Gasteiger partial charge in [0.2, 0.25) is 0 Å². The van der Waals surface area contributed by atoms with Crippen molar-refractivity contribution < 1.29 is 9.53 Å². The first-order valence-electron chi connectivity index (χ1n) is 7.71. The van der Waals surface area contributed by atoms with Gasteiger partial charge in [0.05, 0.1) is 5.56 Å². The van der Waals surface area contributed by atoms with Gasteiger partial charge in [-0.2, -0.15) is 5.26 Å². The van der Waals surface area contributed by atoms with E-state index in [9.17, 15) is 10.1 Å². The zero-order valence-corrected chi connectivity index (χ0v) is 13.8. The lowest BCUT2D eigenvalue weighted by molar-refractivity contribution is -0.118. The summed E-state index contributed by atoms with van der Waals surface area (Å²) in [7, 11) is 0. The maximum Gasteiger partial charge on any atom is 0.262 e. The van der Waals surface area contributed by atoms with Crippen LogP contribution in [-0.4, -0.2) is 12.5 Å². The number of ether oxygens (including phenoxy) is 1. The molecule has 0 bridgehead atoms. The molecule has 3 rings (SSSR count). The third-order valence-electron chi connectivity index (χ3n) is 3.93. The number of nitriles is 1. The zero-order valence-electron chi connectivity index (χ0n) is 13.0. The van der Waals surface area contributed by atoms with E-state index in [-0.39, 0.29) is 12.5 Å². The molecule has 0 saturated heterocycles. The van der Waals surface area contributed by atoms with Crippen molar-refractivity contribution in [1.82, 2.24) is 0 Å². The Morgan fingerprint density at radius 1 is 1.30 bits per heavy atom. The molecule has 1 aliphatic rings. The van der Waals surface area contributed by atoms with E-state index in [0.29, 0.717) is 16.3 Å². The molecule has 1 aromatic heterocycles. The molecule has 1 heterocycles. The van der Waals surface area contributed by atoms with E-state index in [4.69, 9.17) is 4.74 Å². The topological polar surface area (TPSA) is 62.1 Å². The largest absolute Gasteiger partial charge is 0.484 e. The van der Waals surface area contributed by atoms with Crippen LogP contribution in [0.2, 0.25) is 0 Å². The first kappa shape index (κ1) is 15.6. The summed E-state index contributed by atoms with van der Waals surface area (Å²) in [4.78, 5) is 13.3. The number of hydrogen-bond donors (Lipinski definition) is 1. The van der Waals surface area contributed by atoms with Crippen molar-refractivity contribution in [3.63, 3.8) is 0 Å². The van der Waals surface area contributed by atoms with Gasteiger partial charge in [-0.25, -0.2) is 0 Å². The Bertz CT molecular complexity index is 757. The van der Waals surface area contributed by atoms with Gasteiger partial charge in [-0.1, -0.05) is 17.7 Å². The van der Waals surface area contributed by atoms with E-state index in [1.165, 1.54) is 16.2 Å². The predicted octanol–water partition coefficient (Wildman–Crippen LogP) is 3.82. The van der Waals surface area contributed by atoms with Gasteiger partial charge in [-0.15, -0.1) is 11.3 Å². The normalized spacial score (nSPS) is 13.0. The number of nitrogens with zero attached hydrogens (tertiary/aromatic N) is 1. The van der Waals surface area contributed by atoms with Gasteiger partial charge < -0.3 is 10.1 Å². The molecule has 23 heavy (non-hydrogen) atoms. The molecule has 1 aliphatic carbocycles. The number of thiophene rings is 1. The Balaban J connectivity index is 1.65. The van der Waals surface area contributed by atoms with Gasteiger partial charge in [-0.3, -0.25) is 4.79 Å². The molecule has 4 nitrogen and oxygen atoms in total. The molecule has 0 aliphatic heterocycles. The summed E-state index contributed by atoms with van der Waals surface area (Å²) >= 11 is 1.53. The lowest BCUT2D eigenvalue weighted by Crippen LogP contribution is -2.20. The Hall–Kier alpha value is -2.32. The van der Waals surface area contributed by atoms with Crippen LogP contribution in [0.1, 0.15) is 34.4 Å². The number of hydrogen-bond acceptors (Lipinski definition) is 4. The Morgan fingerprint density at radius 2 is 2.04 bits per heavy atom. The molecular weight excluding hydrogens is 308 g/mol. The molecule has 0 unspecified atom stereocenters. The van der Waals surface area contributed by atoms with Crippen LogP contribution < -0.4 is 10.1 Å². The second kappa shape index (κ2) is 6.84. The highest BCUT2D eigenvalue weighted by Gasteiger charge is 2.21. The second-order valence-electron chi connectivity index (χ2n) is 5.68. The van der Waals surface area contributed by atoms with Crippen molar-refractivity contribution in [3.05, 3.63) is 45.8 Å². The van der Waals surface area contributed by atoms with Crippen LogP contribution in [0.25, 0.3) is 0 Å². The average Bonchev–Trinajstić information content (AvgIpc) is 2.91. The van der Waals surface area contributed by atoms with Crippen molar-refractivity contribution >= 4 is 22.2 Å². The number of benzene rings is 1. The first-order chi connectivity index (χ1) is 11.2. The molecule has 0 fully saturated rings. The number of carbonyl (C=O) groups is 1. The minimum Gasteiger partial charge on any atom is -0.484 e. The van der Waals surface area contributed by atoms with Crippen LogP contribution in [0.3, 0.4) is 0 Å². The number of fused-ring (bicyclic) bond motifs is 1. The smallest absolute Gasteiger partial charge is 0.262 e. The lowest BCUT2D eigenvalue weighted by atomic mass is 9.96. The van der Waals surface area contributed by atoms with Crippen LogP contribution >= 0.6 is 11.3 Å². The number of aryl methyl sites for hydroxylation is 2. The van der Waals surface area contributed by atoms with E-state index in [0.717, 1.165) is 36.8 Å². The lowest BCUT2D eigenvalue weighted by Gasteiger charge is -2.09. The van der Waals surface area contributed by atoms with E-state index in [1.54, 1.807) is 0 Å². The molecule has 1 N–H and O–H groups in total. The molecule has 2 aromatic rings. The molecule has 1 aromatic carbocycles. The quantitative estimate of drug-likeness (QED) is 0.929. The molecule has 0 spiro atoms.